The molecule has 0 unspecified atom stereocenters. The summed E-state index contributed by atoms with van der Waals surface area (Å²) in [6.07, 6.45) is -4.42. The van der Waals surface area contributed by atoms with Crippen molar-refractivity contribution in [3.63, 3.8) is 0 Å². The molecule has 0 bridgehead atoms. The van der Waals surface area contributed by atoms with Gasteiger partial charge >= 0.3 is 6.18 Å². The Kier molecular flexibility index (Phi) is 5.39. The Balaban J connectivity index is 1.70. The predicted octanol–water partition coefficient (Wildman–Crippen LogP) is 7.43. The van der Waals surface area contributed by atoms with Gasteiger partial charge in [-0.1, -0.05) is 24.3 Å². The van der Waals surface area contributed by atoms with Gasteiger partial charge in [-0.3, -0.25) is 0 Å². The zero-order chi connectivity index (χ0) is 22.2. The van der Waals surface area contributed by atoms with Crippen molar-refractivity contribution >= 4 is 10.9 Å². The Bertz CT molecular complexity index is 1250. The largest absolute Gasteiger partial charge is 0.494 e. The van der Waals surface area contributed by atoms with Crippen LogP contribution in [0.5, 0.6) is 5.75 Å². The van der Waals surface area contributed by atoms with Gasteiger partial charge in [-0.15, -0.1) is 0 Å². The number of aryl methyl sites for hydroxylation is 1. The van der Waals surface area contributed by atoms with Gasteiger partial charge in [-0.2, -0.15) is 13.2 Å². The lowest BCUT2D eigenvalue weighted by Gasteiger charge is -2.12. The van der Waals surface area contributed by atoms with Crippen molar-refractivity contribution in [1.82, 2.24) is 4.98 Å². The van der Waals surface area contributed by atoms with Gasteiger partial charge in [0.15, 0.2) is 0 Å². The molecule has 3 aromatic carbocycles. The van der Waals surface area contributed by atoms with Crippen LogP contribution in [0.25, 0.3) is 33.3 Å². The summed E-state index contributed by atoms with van der Waals surface area (Å²) >= 11 is 0. The molecule has 4 rings (SSSR count). The highest BCUT2D eigenvalue weighted by molar-refractivity contribution is 5.86. The molecule has 4 aromatic rings. The van der Waals surface area contributed by atoms with Crippen molar-refractivity contribution in [2.45, 2.75) is 20.0 Å². The van der Waals surface area contributed by atoms with Crippen LogP contribution in [0.15, 0.2) is 66.7 Å². The summed E-state index contributed by atoms with van der Waals surface area (Å²) in [6, 6.07) is 17.1. The number of aromatic nitrogens is 1. The van der Waals surface area contributed by atoms with E-state index in [1.807, 2.05) is 6.92 Å². The third kappa shape index (κ3) is 4.24. The zero-order valence-corrected chi connectivity index (χ0v) is 16.9. The molecule has 0 atom stereocenters. The summed E-state index contributed by atoms with van der Waals surface area (Å²) in [5.41, 5.74) is 2.57. The molecule has 6 heteroatoms. The first-order valence-corrected chi connectivity index (χ1v) is 9.78. The first kappa shape index (κ1) is 20.8. The zero-order valence-electron chi connectivity index (χ0n) is 16.9. The minimum absolute atomic E-state index is 0.409. The van der Waals surface area contributed by atoms with E-state index in [0.717, 1.165) is 17.7 Å². The summed E-state index contributed by atoms with van der Waals surface area (Å²) in [7, 11) is 0. The van der Waals surface area contributed by atoms with E-state index in [1.54, 1.807) is 49.4 Å². The maximum Gasteiger partial charge on any atom is 0.416 e. The van der Waals surface area contributed by atoms with E-state index in [2.05, 4.69) is 4.98 Å². The molecule has 0 fully saturated rings. The smallest absolute Gasteiger partial charge is 0.416 e. The number of pyridine rings is 1. The number of fused-ring (bicyclic) bond motifs is 1. The quantitative estimate of drug-likeness (QED) is 0.317. The van der Waals surface area contributed by atoms with E-state index >= 15 is 0 Å². The number of halogens is 4. The molecule has 0 amide bonds. The number of ether oxygens (including phenoxy) is 1. The number of alkyl halides is 3. The highest BCUT2D eigenvalue weighted by Gasteiger charge is 2.30. The lowest BCUT2D eigenvalue weighted by Crippen LogP contribution is -2.04. The molecule has 2 nitrogen and oxygen atoms in total. The minimum Gasteiger partial charge on any atom is -0.494 e. The van der Waals surface area contributed by atoms with Gasteiger partial charge in [-0.05, 0) is 67.4 Å². The van der Waals surface area contributed by atoms with E-state index in [0.29, 0.717) is 45.6 Å². The van der Waals surface area contributed by atoms with Gasteiger partial charge in [0.2, 0.25) is 0 Å². The second-order valence-corrected chi connectivity index (χ2v) is 7.21. The Hall–Kier alpha value is -3.41. The first-order valence-electron chi connectivity index (χ1n) is 9.78. The molecule has 0 aliphatic heterocycles. The summed E-state index contributed by atoms with van der Waals surface area (Å²) in [6.45, 7) is 4.17. The molecule has 0 saturated heterocycles. The Morgan fingerprint density at radius 3 is 2.23 bits per heavy atom. The molecule has 158 valence electrons. The van der Waals surface area contributed by atoms with Crippen LogP contribution in [-0.2, 0) is 6.18 Å². The van der Waals surface area contributed by atoms with Gasteiger partial charge in [-0.25, -0.2) is 9.37 Å². The average Bonchev–Trinajstić information content (AvgIpc) is 2.73. The first-order chi connectivity index (χ1) is 14.8. The van der Waals surface area contributed by atoms with Crippen LogP contribution in [0, 0.1) is 12.7 Å². The molecule has 0 aliphatic rings. The van der Waals surface area contributed by atoms with Crippen LogP contribution in [-0.4, -0.2) is 11.6 Å². The summed E-state index contributed by atoms with van der Waals surface area (Å²) < 4.78 is 59.3. The van der Waals surface area contributed by atoms with Gasteiger partial charge in [0.05, 0.1) is 23.4 Å². The van der Waals surface area contributed by atoms with Gasteiger partial charge in [0.1, 0.15) is 11.6 Å². The molecule has 0 spiro atoms. The standard InChI is InChI=1S/C25H19F4NO/c1-3-31-19-8-4-16(5-9-19)20-10-6-17(13-22(20)26)24-12-15(2)21-14-18(25(27,28)29)7-11-23(21)30-24/h4-14H,3H2,1-2H3. The Labute approximate surface area is 177 Å². The minimum atomic E-state index is -4.42. The van der Waals surface area contributed by atoms with Gasteiger partial charge in [0.25, 0.3) is 0 Å². The van der Waals surface area contributed by atoms with Gasteiger partial charge < -0.3 is 4.74 Å². The SMILES string of the molecule is CCOc1ccc(-c2ccc(-c3cc(C)c4cc(C(F)(F)F)ccc4n3)cc2F)cc1. The summed E-state index contributed by atoms with van der Waals surface area (Å²) in [5.74, 6) is 0.307. The lowest BCUT2D eigenvalue weighted by atomic mass is 9.99. The second kappa shape index (κ2) is 8.02. The number of rotatable bonds is 4. The molecule has 1 heterocycles. The van der Waals surface area contributed by atoms with E-state index in [1.165, 1.54) is 12.1 Å². The molecule has 0 N–H and O–H groups in total. The van der Waals surface area contributed by atoms with E-state index < -0.39 is 17.6 Å². The Morgan fingerprint density at radius 2 is 1.58 bits per heavy atom. The van der Waals surface area contributed by atoms with Crippen molar-refractivity contribution < 1.29 is 22.3 Å². The molecule has 0 radical (unpaired) electrons. The Morgan fingerprint density at radius 1 is 0.871 bits per heavy atom. The van der Waals surface area contributed by atoms with Crippen LogP contribution < -0.4 is 4.74 Å². The summed E-state index contributed by atoms with van der Waals surface area (Å²) in [5, 5.41) is 0.421. The third-order valence-electron chi connectivity index (χ3n) is 5.08. The highest BCUT2D eigenvalue weighted by atomic mass is 19.4. The molecule has 31 heavy (non-hydrogen) atoms. The number of hydrogen-bond donors (Lipinski definition) is 0. The predicted molar refractivity (Wildman–Crippen MR) is 113 cm³/mol. The van der Waals surface area contributed by atoms with Crippen molar-refractivity contribution in [2.75, 3.05) is 6.61 Å². The van der Waals surface area contributed by atoms with E-state index in [9.17, 15) is 17.6 Å². The van der Waals surface area contributed by atoms with E-state index in [-0.39, 0.29) is 0 Å². The third-order valence-corrected chi connectivity index (χ3v) is 5.08. The van der Waals surface area contributed by atoms with Crippen molar-refractivity contribution in [2.24, 2.45) is 0 Å². The summed E-state index contributed by atoms with van der Waals surface area (Å²) in [4.78, 5) is 4.45. The molecule has 0 aliphatic carbocycles. The molecular formula is C25H19F4NO. The number of benzene rings is 3. The van der Waals surface area contributed by atoms with Crippen LogP contribution in [0.3, 0.4) is 0 Å². The van der Waals surface area contributed by atoms with E-state index in [4.69, 9.17) is 4.74 Å². The van der Waals surface area contributed by atoms with Crippen LogP contribution >= 0.6 is 0 Å². The van der Waals surface area contributed by atoms with Crippen LogP contribution in [0.4, 0.5) is 17.6 Å². The normalized spacial score (nSPS) is 11.7. The number of nitrogens with zero attached hydrogens (tertiary/aromatic N) is 1. The fourth-order valence-electron chi connectivity index (χ4n) is 3.52. The number of hydrogen-bond acceptors (Lipinski definition) is 2. The van der Waals surface area contributed by atoms with Gasteiger partial charge in [0, 0.05) is 16.5 Å². The van der Waals surface area contributed by atoms with Crippen molar-refractivity contribution in [3.8, 4) is 28.1 Å². The van der Waals surface area contributed by atoms with Crippen molar-refractivity contribution in [1.29, 1.82) is 0 Å². The maximum atomic E-state index is 14.9. The van der Waals surface area contributed by atoms with Crippen LogP contribution in [0.2, 0.25) is 0 Å². The second-order valence-electron chi connectivity index (χ2n) is 7.21. The molecule has 0 saturated carbocycles. The van der Waals surface area contributed by atoms with Crippen molar-refractivity contribution in [3.05, 3.63) is 83.7 Å². The molecular weight excluding hydrogens is 406 g/mol. The highest BCUT2D eigenvalue weighted by Crippen LogP contribution is 2.34. The monoisotopic (exact) mass is 425 g/mol. The fourth-order valence-corrected chi connectivity index (χ4v) is 3.52. The molecule has 1 aromatic heterocycles. The fraction of sp³-hybridized carbons (Fsp3) is 0.160. The average molecular weight is 425 g/mol. The topological polar surface area (TPSA) is 22.1 Å². The lowest BCUT2D eigenvalue weighted by molar-refractivity contribution is -0.137. The maximum absolute atomic E-state index is 14.9. The van der Waals surface area contributed by atoms with Crippen LogP contribution in [0.1, 0.15) is 18.1 Å².